The third-order valence-electron chi connectivity index (χ3n) is 3.24. The number of nitrogens with zero attached hydrogens (tertiary/aromatic N) is 4. The topological polar surface area (TPSA) is 88.6 Å². The Bertz CT molecular complexity index is 797. The van der Waals surface area contributed by atoms with Crippen molar-refractivity contribution >= 4 is 33.9 Å². The van der Waals surface area contributed by atoms with E-state index in [1.165, 1.54) is 11.5 Å². The summed E-state index contributed by atoms with van der Waals surface area (Å²) < 4.78 is 10.0. The minimum absolute atomic E-state index is 0.0110. The molecule has 29 heavy (non-hydrogen) atoms. The quantitative estimate of drug-likeness (QED) is 0.440. The first-order valence-corrected chi connectivity index (χ1v) is 12.0. The number of nitrogens with one attached hydrogen (secondary N) is 2. The van der Waals surface area contributed by atoms with E-state index in [2.05, 4.69) is 29.9 Å². The van der Waals surface area contributed by atoms with Crippen LogP contribution in [0.4, 0.5) is 11.1 Å². The molecule has 1 unspecified atom stereocenters. The highest BCUT2D eigenvalue weighted by Gasteiger charge is 2.25. The van der Waals surface area contributed by atoms with Gasteiger partial charge >= 0.3 is 0 Å². The van der Waals surface area contributed by atoms with Gasteiger partial charge in [-0.25, -0.2) is 9.97 Å². The maximum Gasteiger partial charge on any atom is 0.241 e. The average Bonchev–Trinajstić information content (AvgIpc) is 3.51. The van der Waals surface area contributed by atoms with Crippen LogP contribution < -0.4 is 5.32 Å². The summed E-state index contributed by atoms with van der Waals surface area (Å²) in [6, 6.07) is 0. The zero-order valence-corrected chi connectivity index (χ0v) is 21.0. The Morgan fingerprint density at radius 1 is 1.07 bits per heavy atom. The number of hydrogen-bond acceptors (Lipinski definition) is 8. The Kier molecular flexibility index (Phi) is 14.1. The third kappa shape index (κ3) is 7.17. The first-order valence-electron chi connectivity index (χ1n) is 10.4. The molecular weight excluding hydrogens is 404 g/mol. The molecule has 0 saturated carbocycles. The first kappa shape index (κ1) is 27.2. The molecule has 4 heterocycles. The van der Waals surface area contributed by atoms with E-state index in [-0.39, 0.29) is 6.10 Å². The normalized spacial score (nSPS) is 13.2. The van der Waals surface area contributed by atoms with Gasteiger partial charge in [-0.2, -0.15) is 9.47 Å². The Morgan fingerprint density at radius 3 is 2.31 bits per heavy atom. The number of anilines is 2. The van der Waals surface area contributed by atoms with E-state index in [4.69, 9.17) is 4.74 Å². The summed E-state index contributed by atoms with van der Waals surface area (Å²) in [5.41, 5.74) is 2.89. The Hall–Kier alpha value is -1.84. The summed E-state index contributed by atoms with van der Waals surface area (Å²) in [5.74, 6) is 0.586. The zero-order chi connectivity index (χ0) is 22.4. The van der Waals surface area contributed by atoms with Crippen molar-refractivity contribution in [3.63, 3.8) is 0 Å². The molecule has 0 aliphatic carbocycles. The van der Waals surface area contributed by atoms with Crippen LogP contribution in [0.2, 0.25) is 0 Å². The number of thiazole rings is 1. The molecule has 164 valence electrons. The van der Waals surface area contributed by atoms with E-state index in [1.807, 2.05) is 69.2 Å². The highest BCUT2D eigenvalue weighted by Crippen LogP contribution is 2.39. The molecule has 3 aromatic heterocycles. The van der Waals surface area contributed by atoms with Crippen molar-refractivity contribution in [1.82, 2.24) is 24.5 Å². The fourth-order valence-corrected chi connectivity index (χ4v) is 3.56. The van der Waals surface area contributed by atoms with Crippen molar-refractivity contribution in [1.29, 1.82) is 0 Å². The number of aryl methyl sites for hydroxylation is 1. The molecule has 0 radical (unpaired) electrons. The molecule has 1 aliphatic heterocycles. The second-order valence-electron chi connectivity index (χ2n) is 4.70. The summed E-state index contributed by atoms with van der Waals surface area (Å²) >= 11 is 2.92. The lowest BCUT2D eigenvalue weighted by Crippen LogP contribution is -1.98. The summed E-state index contributed by atoms with van der Waals surface area (Å²) in [4.78, 5) is 10.0. The Labute approximate surface area is 183 Å². The number of hydrogen-bond donors (Lipinski definition) is 2. The molecule has 1 aliphatic rings. The van der Waals surface area contributed by atoms with Crippen molar-refractivity contribution in [2.75, 3.05) is 5.32 Å². The van der Waals surface area contributed by atoms with Crippen LogP contribution in [0.5, 0.6) is 0 Å². The molecular formula is C20H36N6OS2. The van der Waals surface area contributed by atoms with Gasteiger partial charge in [0.25, 0.3) is 0 Å². The van der Waals surface area contributed by atoms with Gasteiger partial charge < -0.3 is 4.74 Å². The highest BCUT2D eigenvalue weighted by molar-refractivity contribution is 7.16. The van der Waals surface area contributed by atoms with Crippen LogP contribution in [-0.4, -0.2) is 24.5 Å². The summed E-state index contributed by atoms with van der Waals surface area (Å²) in [5, 5.41) is 11.9. The summed E-state index contributed by atoms with van der Waals surface area (Å²) in [6.07, 6.45) is 1.79. The number of H-pyrrole nitrogens is 1. The number of aromatic nitrogens is 5. The highest BCUT2D eigenvalue weighted by atomic mass is 32.1. The fraction of sp³-hybridized carbons (Fsp3) is 0.600. The molecule has 3 aromatic rings. The summed E-state index contributed by atoms with van der Waals surface area (Å²) in [6.45, 7) is 20.5. The fourth-order valence-electron chi connectivity index (χ4n) is 2.24. The number of ether oxygens (including phenoxy) is 1. The SMILES string of the molecule is CC.CC.CC.CC.Cc1nc(Nc2nc3c(s2)COC(C)c2[nH]ncc2-3)ns1. The lowest BCUT2D eigenvalue weighted by atomic mass is 10.1. The second kappa shape index (κ2) is 15.1. The molecule has 0 aromatic carbocycles. The molecule has 0 fully saturated rings. The van der Waals surface area contributed by atoms with Crippen molar-refractivity contribution in [2.45, 2.75) is 81.9 Å². The van der Waals surface area contributed by atoms with E-state index in [0.29, 0.717) is 12.6 Å². The van der Waals surface area contributed by atoms with E-state index < -0.39 is 0 Å². The van der Waals surface area contributed by atoms with Gasteiger partial charge in [-0.1, -0.05) is 66.7 Å². The van der Waals surface area contributed by atoms with Gasteiger partial charge in [0, 0.05) is 5.56 Å². The monoisotopic (exact) mass is 440 g/mol. The van der Waals surface area contributed by atoms with Gasteiger partial charge in [-0.3, -0.25) is 10.4 Å². The summed E-state index contributed by atoms with van der Waals surface area (Å²) in [7, 11) is 0. The van der Waals surface area contributed by atoms with Crippen LogP contribution in [0.3, 0.4) is 0 Å². The zero-order valence-electron chi connectivity index (χ0n) is 19.4. The smallest absolute Gasteiger partial charge is 0.241 e. The Morgan fingerprint density at radius 2 is 1.72 bits per heavy atom. The molecule has 4 rings (SSSR count). The van der Waals surface area contributed by atoms with Gasteiger partial charge in [0.1, 0.15) is 5.01 Å². The molecule has 9 heteroatoms. The van der Waals surface area contributed by atoms with Gasteiger partial charge in [-0.05, 0) is 25.4 Å². The largest absolute Gasteiger partial charge is 0.367 e. The number of aromatic amines is 1. The van der Waals surface area contributed by atoms with Crippen LogP contribution in [-0.2, 0) is 11.3 Å². The molecule has 1 atom stereocenters. The molecule has 0 amide bonds. The minimum Gasteiger partial charge on any atom is -0.367 e. The van der Waals surface area contributed by atoms with Gasteiger partial charge in [0.15, 0.2) is 5.13 Å². The van der Waals surface area contributed by atoms with Crippen LogP contribution in [0.1, 0.15) is 84.0 Å². The standard InChI is InChI=1S/C12H12N6OS2.4C2H6/c1-5-9-7(3-13-17-9)10-8(4-19-5)20-12(15-10)16-11-14-6(2)21-18-11;4*1-2/h3,5H,4H2,1-2H3,(H,13,17)(H,15,16,18);4*1-2H3. The van der Waals surface area contributed by atoms with Crippen molar-refractivity contribution in [3.8, 4) is 11.3 Å². The maximum absolute atomic E-state index is 5.82. The van der Waals surface area contributed by atoms with E-state index >= 15 is 0 Å². The minimum atomic E-state index is -0.0110. The van der Waals surface area contributed by atoms with E-state index in [1.54, 1.807) is 17.5 Å². The Balaban J connectivity index is 0.000000881. The van der Waals surface area contributed by atoms with Crippen LogP contribution in [0.15, 0.2) is 6.20 Å². The molecule has 0 spiro atoms. The predicted octanol–water partition coefficient (Wildman–Crippen LogP) is 7.13. The lowest BCUT2D eigenvalue weighted by molar-refractivity contribution is 0.0537. The van der Waals surface area contributed by atoms with Crippen molar-refractivity contribution < 1.29 is 4.74 Å². The number of rotatable bonds is 2. The third-order valence-corrected chi connectivity index (χ3v) is 4.80. The van der Waals surface area contributed by atoms with E-state index in [9.17, 15) is 0 Å². The average molecular weight is 441 g/mol. The molecule has 2 N–H and O–H groups in total. The maximum atomic E-state index is 5.82. The molecule has 0 saturated heterocycles. The van der Waals surface area contributed by atoms with Gasteiger partial charge in [-0.15, -0.1) is 0 Å². The predicted molar refractivity (Wildman–Crippen MR) is 126 cm³/mol. The first-order chi connectivity index (χ1) is 14.2. The molecule has 7 nitrogen and oxygen atoms in total. The van der Waals surface area contributed by atoms with Crippen LogP contribution in [0, 0.1) is 6.92 Å². The van der Waals surface area contributed by atoms with Crippen molar-refractivity contribution in [3.05, 3.63) is 21.8 Å². The van der Waals surface area contributed by atoms with Gasteiger partial charge in [0.05, 0.1) is 35.2 Å². The van der Waals surface area contributed by atoms with Crippen LogP contribution in [0.25, 0.3) is 11.3 Å². The van der Waals surface area contributed by atoms with Crippen molar-refractivity contribution in [2.24, 2.45) is 0 Å². The van der Waals surface area contributed by atoms with Gasteiger partial charge in [0.2, 0.25) is 5.95 Å². The lowest BCUT2D eigenvalue weighted by Gasteiger charge is -2.07. The second-order valence-corrected chi connectivity index (χ2v) is 6.74. The van der Waals surface area contributed by atoms with Crippen LogP contribution >= 0.6 is 22.9 Å². The van der Waals surface area contributed by atoms with E-state index in [0.717, 1.165) is 32.0 Å². The number of fused-ring (bicyclic) bond motifs is 3. The molecule has 0 bridgehead atoms.